The normalized spacial score (nSPS) is 10.9. The summed E-state index contributed by atoms with van der Waals surface area (Å²) in [5.74, 6) is 0.972. The highest BCUT2D eigenvalue weighted by atomic mass is 16.5. The maximum Gasteiger partial charge on any atom is 0.237 e. The van der Waals surface area contributed by atoms with Gasteiger partial charge >= 0.3 is 0 Å². The fourth-order valence-corrected chi connectivity index (χ4v) is 3.33. The number of hydrogen-bond donors (Lipinski definition) is 1. The van der Waals surface area contributed by atoms with Crippen LogP contribution in [-0.4, -0.2) is 30.5 Å². The van der Waals surface area contributed by atoms with Crippen LogP contribution >= 0.6 is 0 Å². The van der Waals surface area contributed by atoms with E-state index in [2.05, 4.69) is 25.4 Å². The lowest BCUT2D eigenvalue weighted by molar-refractivity contribution is -0.116. The molecule has 0 spiro atoms. The Morgan fingerprint density at radius 3 is 2.67 bits per heavy atom. The van der Waals surface area contributed by atoms with E-state index in [1.807, 2.05) is 31.4 Å². The van der Waals surface area contributed by atoms with Crippen LogP contribution in [-0.2, 0) is 11.2 Å². The molecule has 0 saturated heterocycles. The Morgan fingerprint density at radius 2 is 1.93 bits per heavy atom. The second kappa shape index (κ2) is 8.28. The number of carbonyl (C=O) groups excluding carboxylic acids is 1. The molecule has 0 bridgehead atoms. The number of amides is 1. The summed E-state index contributed by atoms with van der Waals surface area (Å²) >= 11 is 0. The lowest BCUT2D eigenvalue weighted by atomic mass is 10.1. The van der Waals surface area contributed by atoms with Gasteiger partial charge in [-0.15, -0.1) is 0 Å². The van der Waals surface area contributed by atoms with Crippen molar-refractivity contribution in [3.63, 3.8) is 0 Å². The van der Waals surface area contributed by atoms with Gasteiger partial charge in [0.2, 0.25) is 11.8 Å². The highest BCUT2D eigenvalue weighted by Gasteiger charge is 2.13. The van der Waals surface area contributed by atoms with E-state index in [1.165, 1.54) is 6.20 Å². The second-order valence-electron chi connectivity index (χ2n) is 7.04. The molecule has 0 saturated carbocycles. The molecule has 8 nitrogen and oxygen atoms in total. The number of rotatable bonds is 6. The minimum Gasteiger partial charge on any atom is -0.438 e. The Morgan fingerprint density at radius 1 is 1.13 bits per heavy atom. The Hall–Kier alpha value is -3.81. The third-order valence-electron chi connectivity index (χ3n) is 4.79. The molecule has 0 radical (unpaired) electrons. The topological polar surface area (TPSA) is 94.3 Å². The highest BCUT2D eigenvalue weighted by Crippen LogP contribution is 2.21. The first kappa shape index (κ1) is 19.5. The predicted octanol–water partition coefficient (Wildman–Crippen LogP) is 3.81. The first-order chi connectivity index (χ1) is 14.5. The number of nitrogens with one attached hydrogen (secondary N) is 1. The van der Waals surface area contributed by atoms with Gasteiger partial charge in [-0.1, -0.05) is 0 Å². The summed E-state index contributed by atoms with van der Waals surface area (Å²) in [6, 6.07) is 9.08. The van der Waals surface area contributed by atoms with Gasteiger partial charge in [-0.3, -0.25) is 9.78 Å². The monoisotopic (exact) mass is 402 g/mol. The number of ether oxygens (including phenoxy) is 1. The summed E-state index contributed by atoms with van der Waals surface area (Å²) in [4.78, 5) is 25.1. The zero-order valence-electron chi connectivity index (χ0n) is 17.1. The Kier molecular flexibility index (Phi) is 5.38. The summed E-state index contributed by atoms with van der Waals surface area (Å²) in [7, 11) is 0. The average molecular weight is 402 g/mol. The van der Waals surface area contributed by atoms with Crippen LogP contribution in [0.25, 0.3) is 5.65 Å². The van der Waals surface area contributed by atoms with Gasteiger partial charge in [0.1, 0.15) is 5.75 Å². The van der Waals surface area contributed by atoms with Crippen molar-refractivity contribution in [3.8, 4) is 11.6 Å². The minimum absolute atomic E-state index is 0.0619. The number of benzene rings is 1. The van der Waals surface area contributed by atoms with E-state index in [0.29, 0.717) is 30.2 Å². The van der Waals surface area contributed by atoms with Crippen LogP contribution in [0, 0.1) is 20.8 Å². The fraction of sp³-hybridized carbons (Fsp3) is 0.227. The molecular weight excluding hydrogens is 380 g/mol. The number of hydrogen-bond acceptors (Lipinski definition) is 6. The van der Waals surface area contributed by atoms with Crippen molar-refractivity contribution >= 4 is 17.2 Å². The van der Waals surface area contributed by atoms with Crippen LogP contribution in [0.2, 0.25) is 0 Å². The van der Waals surface area contributed by atoms with E-state index < -0.39 is 0 Å². The van der Waals surface area contributed by atoms with Gasteiger partial charge in [-0.25, -0.2) is 14.5 Å². The number of aromatic nitrogens is 5. The van der Waals surface area contributed by atoms with Crippen molar-refractivity contribution in [3.05, 3.63) is 71.6 Å². The molecule has 0 aliphatic carbocycles. The van der Waals surface area contributed by atoms with Crippen molar-refractivity contribution < 1.29 is 9.53 Å². The lowest BCUT2D eigenvalue weighted by Gasteiger charge is -2.11. The van der Waals surface area contributed by atoms with E-state index in [-0.39, 0.29) is 5.91 Å². The van der Waals surface area contributed by atoms with E-state index in [9.17, 15) is 4.79 Å². The molecule has 1 amide bonds. The highest BCUT2D eigenvalue weighted by molar-refractivity contribution is 5.90. The van der Waals surface area contributed by atoms with E-state index in [0.717, 1.165) is 28.3 Å². The summed E-state index contributed by atoms with van der Waals surface area (Å²) in [6.45, 7) is 5.93. The lowest BCUT2D eigenvalue weighted by Crippen LogP contribution is -2.14. The maximum absolute atomic E-state index is 12.4. The third-order valence-corrected chi connectivity index (χ3v) is 4.79. The standard InChI is InChI=1S/C22H22N6O2/c1-14-12-20-25-15(2)19(16(3)28(20)27-14)8-9-21(29)26-17-4-6-18(7-5-17)30-22-13-23-10-11-24-22/h4-7,10-13H,8-9H2,1-3H3,(H,26,29). The first-order valence-electron chi connectivity index (χ1n) is 9.66. The number of anilines is 1. The van der Waals surface area contributed by atoms with Gasteiger partial charge in [0.15, 0.2) is 5.65 Å². The number of carbonyl (C=O) groups is 1. The van der Waals surface area contributed by atoms with Gasteiger partial charge in [0, 0.05) is 42.0 Å². The van der Waals surface area contributed by atoms with E-state index in [4.69, 9.17) is 4.74 Å². The van der Waals surface area contributed by atoms with Gasteiger partial charge in [0.25, 0.3) is 0 Å². The second-order valence-corrected chi connectivity index (χ2v) is 7.04. The van der Waals surface area contributed by atoms with Crippen LogP contribution in [0.15, 0.2) is 48.9 Å². The van der Waals surface area contributed by atoms with Crippen molar-refractivity contribution in [2.24, 2.45) is 0 Å². The van der Waals surface area contributed by atoms with Gasteiger partial charge < -0.3 is 10.1 Å². The van der Waals surface area contributed by atoms with Gasteiger partial charge in [-0.05, 0) is 57.0 Å². The van der Waals surface area contributed by atoms with Crippen LogP contribution in [0.4, 0.5) is 5.69 Å². The molecule has 4 rings (SSSR count). The van der Waals surface area contributed by atoms with Gasteiger partial charge in [-0.2, -0.15) is 5.10 Å². The van der Waals surface area contributed by atoms with Crippen LogP contribution in [0.5, 0.6) is 11.6 Å². The average Bonchev–Trinajstić information content (AvgIpc) is 3.10. The molecule has 0 unspecified atom stereocenters. The van der Waals surface area contributed by atoms with Crippen LogP contribution < -0.4 is 10.1 Å². The van der Waals surface area contributed by atoms with E-state index in [1.54, 1.807) is 36.7 Å². The molecule has 4 aromatic rings. The van der Waals surface area contributed by atoms with Crippen molar-refractivity contribution in [2.75, 3.05) is 5.32 Å². The third kappa shape index (κ3) is 4.27. The molecule has 3 aromatic heterocycles. The molecule has 1 aromatic carbocycles. The van der Waals surface area contributed by atoms with Crippen molar-refractivity contribution in [1.29, 1.82) is 0 Å². The molecule has 1 N–H and O–H groups in total. The Balaban J connectivity index is 1.37. The molecule has 0 aliphatic rings. The van der Waals surface area contributed by atoms with Crippen molar-refractivity contribution in [2.45, 2.75) is 33.6 Å². The fourth-order valence-electron chi connectivity index (χ4n) is 3.33. The zero-order valence-corrected chi connectivity index (χ0v) is 17.1. The molecule has 30 heavy (non-hydrogen) atoms. The number of fused-ring (bicyclic) bond motifs is 1. The SMILES string of the molecule is Cc1cc2nc(C)c(CCC(=O)Nc3ccc(Oc4cnccn4)cc3)c(C)n2n1. The number of nitrogens with zero attached hydrogens (tertiary/aromatic N) is 5. The minimum atomic E-state index is -0.0619. The predicted molar refractivity (Wildman–Crippen MR) is 113 cm³/mol. The quantitative estimate of drug-likeness (QED) is 0.527. The van der Waals surface area contributed by atoms with Gasteiger partial charge in [0.05, 0.1) is 11.9 Å². The number of aryl methyl sites for hydroxylation is 3. The molecule has 152 valence electrons. The molecule has 0 fully saturated rings. The summed E-state index contributed by atoms with van der Waals surface area (Å²) in [6.07, 6.45) is 5.63. The van der Waals surface area contributed by atoms with E-state index >= 15 is 0 Å². The zero-order chi connectivity index (χ0) is 21.1. The molecule has 0 atom stereocenters. The first-order valence-corrected chi connectivity index (χ1v) is 9.66. The summed E-state index contributed by atoms with van der Waals surface area (Å²) in [5, 5.41) is 7.40. The molecule has 8 heteroatoms. The smallest absolute Gasteiger partial charge is 0.237 e. The van der Waals surface area contributed by atoms with Crippen LogP contribution in [0.3, 0.4) is 0 Å². The maximum atomic E-state index is 12.4. The van der Waals surface area contributed by atoms with Crippen LogP contribution in [0.1, 0.15) is 29.1 Å². The Bertz CT molecular complexity index is 1190. The molecular formula is C22H22N6O2. The largest absolute Gasteiger partial charge is 0.438 e. The molecule has 0 aliphatic heterocycles. The summed E-state index contributed by atoms with van der Waals surface area (Å²) in [5.41, 5.74) is 5.46. The summed E-state index contributed by atoms with van der Waals surface area (Å²) < 4.78 is 7.44. The Labute approximate surface area is 174 Å². The molecule has 3 heterocycles. The van der Waals surface area contributed by atoms with Crippen molar-refractivity contribution in [1.82, 2.24) is 24.6 Å².